The molecule has 0 bridgehead atoms. The van der Waals surface area contributed by atoms with Gasteiger partial charge in [0.1, 0.15) is 6.10 Å². The molecule has 144 valence electrons. The van der Waals surface area contributed by atoms with Gasteiger partial charge in [-0.05, 0) is 18.2 Å². The Labute approximate surface area is 152 Å². The van der Waals surface area contributed by atoms with Gasteiger partial charge in [0.25, 0.3) is 5.91 Å². The molecule has 7 nitrogen and oxygen atoms in total. The van der Waals surface area contributed by atoms with E-state index in [4.69, 9.17) is 4.74 Å². The Kier molecular flexibility index (Phi) is 5.87. The fourth-order valence-electron chi connectivity index (χ4n) is 2.38. The Morgan fingerprint density at radius 1 is 1.26 bits per heavy atom. The van der Waals surface area contributed by atoms with E-state index in [0.29, 0.717) is 18.8 Å². The normalized spacial score (nSPS) is 17.4. The molecule has 0 spiro atoms. The minimum atomic E-state index is -4.45. The first kappa shape index (κ1) is 19.1. The van der Waals surface area contributed by atoms with Crippen LogP contribution in [0.4, 0.5) is 18.9 Å². The number of morpholine rings is 1. The lowest BCUT2D eigenvalue weighted by Crippen LogP contribution is -2.33. The Bertz CT molecular complexity index is 760. The van der Waals surface area contributed by atoms with E-state index in [1.807, 2.05) is 0 Å². The molecule has 0 aliphatic carbocycles. The standard InChI is InChI=1S/C17H17F3N4O3/c18-17(19,20)10-27-15-4-1-11(7-23-15)16(25)24-12-2-3-13(22-8-12)14-9-21-5-6-26-14/h1-4,7-8,14,21H,5-6,9-10H2,(H,24,25)/t14-/m1/s1. The van der Waals surface area contributed by atoms with Crippen molar-refractivity contribution in [2.45, 2.75) is 12.3 Å². The maximum absolute atomic E-state index is 12.2. The Morgan fingerprint density at radius 2 is 2.11 bits per heavy atom. The summed E-state index contributed by atoms with van der Waals surface area (Å²) in [7, 11) is 0. The fraction of sp³-hybridized carbons (Fsp3) is 0.353. The lowest BCUT2D eigenvalue weighted by molar-refractivity contribution is -0.154. The Hall–Kier alpha value is -2.72. The van der Waals surface area contributed by atoms with Gasteiger partial charge in [-0.15, -0.1) is 0 Å². The van der Waals surface area contributed by atoms with Crippen molar-refractivity contribution in [2.75, 3.05) is 31.6 Å². The highest BCUT2D eigenvalue weighted by Crippen LogP contribution is 2.19. The zero-order valence-corrected chi connectivity index (χ0v) is 14.1. The first-order valence-electron chi connectivity index (χ1n) is 8.16. The van der Waals surface area contributed by atoms with Crippen LogP contribution in [-0.4, -0.2) is 48.4 Å². The van der Waals surface area contributed by atoms with Crippen LogP contribution in [0.3, 0.4) is 0 Å². The number of carbonyl (C=O) groups excluding carboxylic acids is 1. The van der Waals surface area contributed by atoms with Gasteiger partial charge in [0.2, 0.25) is 5.88 Å². The number of anilines is 1. The van der Waals surface area contributed by atoms with Crippen molar-refractivity contribution in [1.29, 1.82) is 0 Å². The molecule has 2 aromatic rings. The number of nitrogens with zero attached hydrogens (tertiary/aromatic N) is 2. The zero-order chi connectivity index (χ0) is 19.3. The fourth-order valence-corrected chi connectivity index (χ4v) is 2.38. The molecule has 2 N–H and O–H groups in total. The predicted octanol–water partition coefficient (Wildman–Crippen LogP) is 2.33. The van der Waals surface area contributed by atoms with Gasteiger partial charge in [0.05, 0.1) is 29.7 Å². The number of carbonyl (C=O) groups is 1. The van der Waals surface area contributed by atoms with Gasteiger partial charge in [-0.25, -0.2) is 4.98 Å². The van der Waals surface area contributed by atoms with Crippen molar-refractivity contribution in [1.82, 2.24) is 15.3 Å². The highest BCUT2D eigenvalue weighted by molar-refractivity contribution is 6.03. The van der Waals surface area contributed by atoms with E-state index in [9.17, 15) is 18.0 Å². The molecule has 0 aromatic carbocycles. The van der Waals surface area contributed by atoms with Crippen molar-refractivity contribution >= 4 is 11.6 Å². The van der Waals surface area contributed by atoms with Gasteiger partial charge in [-0.3, -0.25) is 9.78 Å². The summed E-state index contributed by atoms with van der Waals surface area (Å²) in [4.78, 5) is 20.2. The second-order valence-electron chi connectivity index (χ2n) is 5.78. The van der Waals surface area contributed by atoms with Gasteiger partial charge < -0.3 is 20.1 Å². The average molecular weight is 382 g/mol. The second-order valence-corrected chi connectivity index (χ2v) is 5.78. The maximum Gasteiger partial charge on any atom is 0.422 e. The van der Waals surface area contributed by atoms with Crippen molar-refractivity contribution in [3.63, 3.8) is 0 Å². The first-order valence-corrected chi connectivity index (χ1v) is 8.16. The van der Waals surface area contributed by atoms with Crippen molar-refractivity contribution < 1.29 is 27.4 Å². The molecule has 27 heavy (non-hydrogen) atoms. The van der Waals surface area contributed by atoms with Gasteiger partial charge in [0, 0.05) is 25.4 Å². The largest absolute Gasteiger partial charge is 0.468 e. The van der Waals surface area contributed by atoms with Crippen LogP contribution in [0.5, 0.6) is 5.88 Å². The molecule has 1 aliphatic heterocycles. The summed E-state index contributed by atoms with van der Waals surface area (Å²) in [6.45, 7) is 0.649. The Balaban J connectivity index is 1.56. The van der Waals surface area contributed by atoms with Crippen LogP contribution < -0.4 is 15.4 Å². The number of pyridine rings is 2. The maximum atomic E-state index is 12.2. The molecule has 10 heteroatoms. The lowest BCUT2D eigenvalue weighted by atomic mass is 10.2. The molecule has 1 atom stereocenters. The van der Waals surface area contributed by atoms with E-state index in [1.165, 1.54) is 18.3 Å². The third kappa shape index (κ3) is 5.63. The van der Waals surface area contributed by atoms with Crippen molar-refractivity contribution in [2.24, 2.45) is 0 Å². The van der Waals surface area contributed by atoms with Gasteiger partial charge >= 0.3 is 6.18 Å². The average Bonchev–Trinajstić information content (AvgIpc) is 2.67. The van der Waals surface area contributed by atoms with E-state index in [1.54, 1.807) is 12.1 Å². The SMILES string of the molecule is O=C(Nc1ccc([C@H]2CNCCO2)nc1)c1ccc(OCC(F)(F)F)nc1. The van der Waals surface area contributed by atoms with E-state index >= 15 is 0 Å². The summed E-state index contributed by atoms with van der Waals surface area (Å²) in [6.07, 6.45) is -1.92. The highest BCUT2D eigenvalue weighted by atomic mass is 19.4. The molecule has 1 aliphatic rings. The number of halogens is 3. The number of hydrogen-bond donors (Lipinski definition) is 2. The summed E-state index contributed by atoms with van der Waals surface area (Å²) in [6, 6.07) is 6.00. The van der Waals surface area contributed by atoms with Crippen LogP contribution >= 0.6 is 0 Å². The topological polar surface area (TPSA) is 85.4 Å². The summed E-state index contributed by atoms with van der Waals surface area (Å²) in [5, 5.41) is 5.85. The van der Waals surface area contributed by atoms with Crippen LogP contribution in [0.25, 0.3) is 0 Å². The molecule has 3 heterocycles. The summed E-state index contributed by atoms with van der Waals surface area (Å²) in [5.41, 5.74) is 1.41. The van der Waals surface area contributed by atoms with Gasteiger partial charge in [-0.2, -0.15) is 13.2 Å². The number of aromatic nitrogens is 2. The number of alkyl halides is 3. The molecule has 2 aromatic heterocycles. The third-order valence-corrected chi connectivity index (χ3v) is 3.68. The quantitative estimate of drug-likeness (QED) is 0.826. The monoisotopic (exact) mass is 382 g/mol. The van der Waals surface area contributed by atoms with Crippen molar-refractivity contribution in [3.8, 4) is 5.88 Å². The molecule has 1 saturated heterocycles. The minimum Gasteiger partial charge on any atom is -0.468 e. The van der Waals surface area contributed by atoms with Crippen LogP contribution in [0.2, 0.25) is 0 Å². The van der Waals surface area contributed by atoms with Gasteiger partial charge in [-0.1, -0.05) is 0 Å². The van der Waals surface area contributed by atoms with E-state index in [-0.39, 0.29) is 17.5 Å². The van der Waals surface area contributed by atoms with Crippen LogP contribution in [0.1, 0.15) is 22.2 Å². The summed E-state index contributed by atoms with van der Waals surface area (Å²) < 4.78 is 46.4. The van der Waals surface area contributed by atoms with Crippen molar-refractivity contribution in [3.05, 3.63) is 47.9 Å². The first-order chi connectivity index (χ1) is 12.9. The number of amides is 1. The minimum absolute atomic E-state index is 0.128. The van der Waals surface area contributed by atoms with Crippen LogP contribution in [0, 0.1) is 0 Å². The summed E-state index contributed by atoms with van der Waals surface area (Å²) >= 11 is 0. The second kappa shape index (κ2) is 8.31. The Morgan fingerprint density at radius 3 is 2.70 bits per heavy atom. The van der Waals surface area contributed by atoms with Crippen LogP contribution in [0.15, 0.2) is 36.7 Å². The molecule has 1 fully saturated rings. The van der Waals surface area contributed by atoms with E-state index in [0.717, 1.165) is 18.4 Å². The highest BCUT2D eigenvalue weighted by Gasteiger charge is 2.28. The molecule has 0 saturated carbocycles. The molecular formula is C17H17F3N4O3. The zero-order valence-electron chi connectivity index (χ0n) is 14.1. The molecular weight excluding hydrogens is 365 g/mol. The third-order valence-electron chi connectivity index (χ3n) is 3.68. The molecule has 0 radical (unpaired) electrons. The number of hydrogen-bond acceptors (Lipinski definition) is 6. The van der Waals surface area contributed by atoms with Gasteiger partial charge in [0.15, 0.2) is 6.61 Å². The summed E-state index contributed by atoms with van der Waals surface area (Å²) in [5.74, 6) is -0.675. The van der Waals surface area contributed by atoms with Crippen LogP contribution in [-0.2, 0) is 4.74 Å². The lowest BCUT2D eigenvalue weighted by Gasteiger charge is -2.23. The van der Waals surface area contributed by atoms with E-state index in [2.05, 4.69) is 25.3 Å². The molecule has 1 amide bonds. The molecule has 0 unspecified atom stereocenters. The molecule has 3 rings (SSSR count). The number of rotatable bonds is 5. The smallest absolute Gasteiger partial charge is 0.422 e. The number of ether oxygens (including phenoxy) is 2. The number of nitrogens with one attached hydrogen (secondary N) is 2. The predicted molar refractivity (Wildman–Crippen MR) is 89.5 cm³/mol. The van der Waals surface area contributed by atoms with E-state index < -0.39 is 18.7 Å².